The van der Waals surface area contributed by atoms with Gasteiger partial charge in [0.1, 0.15) is 0 Å². The van der Waals surface area contributed by atoms with E-state index in [1.807, 2.05) is 0 Å². The van der Waals surface area contributed by atoms with E-state index in [4.69, 9.17) is 0 Å². The second-order valence-electron chi connectivity index (χ2n) is 3.25. The summed E-state index contributed by atoms with van der Waals surface area (Å²) < 4.78 is 3.86. The van der Waals surface area contributed by atoms with E-state index in [1.54, 1.807) is 24.9 Å². The minimum atomic E-state index is -0.325. The van der Waals surface area contributed by atoms with Crippen LogP contribution in [0.25, 0.3) is 0 Å². The van der Waals surface area contributed by atoms with Gasteiger partial charge >= 0.3 is 84.6 Å². The molecule has 0 saturated carbocycles. The van der Waals surface area contributed by atoms with E-state index in [9.17, 15) is 0 Å². The number of hydrogen-bond donors (Lipinski definition) is 1. The Labute approximate surface area is 84.1 Å². The molecule has 1 saturated heterocycles. The summed E-state index contributed by atoms with van der Waals surface area (Å²) in [6.45, 7) is 0. The van der Waals surface area contributed by atoms with Crippen LogP contribution in [0.5, 0.6) is 0 Å². The second kappa shape index (κ2) is 5.97. The molecule has 0 aromatic rings. The van der Waals surface area contributed by atoms with Gasteiger partial charge in [-0.2, -0.15) is 0 Å². The third kappa shape index (κ3) is 3.69. The molecule has 0 aliphatic carbocycles. The van der Waals surface area contributed by atoms with Crippen LogP contribution in [0.1, 0.15) is 25.7 Å². The van der Waals surface area contributed by atoms with Crippen LogP contribution in [0.15, 0.2) is 0 Å². The first kappa shape index (κ1) is 9.48. The molecule has 1 rings (SSSR count). The maximum absolute atomic E-state index is 3.86. The van der Waals surface area contributed by atoms with Crippen molar-refractivity contribution in [1.29, 1.82) is 0 Å². The zero-order valence-corrected chi connectivity index (χ0v) is 11.6. The number of rotatable bonds is 2. The standard InChI is InChI=1S/C6H16NSi2.Na/c8-7-9-5-3-1-2-4-6-9;/h7,9H,1-6,8H2;. The van der Waals surface area contributed by atoms with Gasteiger partial charge in [-0.15, -0.1) is 0 Å². The van der Waals surface area contributed by atoms with E-state index in [2.05, 4.69) is 4.65 Å². The fraction of sp³-hybridized carbons (Fsp3) is 1.00. The third-order valence-corrected chi connectivity index (χ3v) is 12.2. The van der Waals surface area contributed by atoms with E-state index in [1.165, 1.54) is 39.9 Å². The normalized spacial score (nSPS) is 23.8. The Balaban J connectivity index is 2.15. The summed E-state index contributed by atoms with van der Waals surface area (Å²) >= 11 is 1.48. The second-order valence-corrected chi connectivity index (χ2v) is 10.3. The van der Waals surface area contributed by atoms with Gasteiger partial charge in [0, 0.05) is 0 Å². The molecular weight excluding hydrogens is 165 g/mol. The van der Waals surface area contributed by atoms with Gasteiger partial charge < -0.3 is 0 Å². The maximum atomic E-state index is 3.86. The Morgan fingerprint density at radius 1 is 1.10 bits per heavy atom. The average Bonchev–Trinajstić information content (AvgIpc) is 2.17. The number of hydrogen-bond acceptors (Lipinski definition) is 1. The molecule has 1 aliphatic rings. The average molecular weight is 181 g/mol. The summed E-state index contributed by atoms with van der Waals surface area (Å²) in [4.78, 5) is 0. The van der Waals surface area contributed by atoms with Crippen LogP contribution in [-0.4, -0.2) is 42.2 Å². The van der Waals surface area contributed by atoms with Crippen molar-refractivity contribution < 1.29 is 0 Å². The SMILES string of the molecule is [Na][SiH2]N[SiH]1CCCCCC1. The van der Waals surface area contributed by atoms with Gasteiger partial charge in [0.25, 0.3) is 0 Å². The Hall–Kier alpha value is 1.39. The molecule has 0 atom stereocenters. The Bertz CT molecular complexity index is 83.8. The molecule has 0 bridgehead atoms. The molecule has 0 radical (unpaired) electrons. The van der Waals surface area contributed by atoms with Crippen molar-refractivity contribution in [3.8, 4) is 0 Å². The third-order valence-electron chi connectivity index (χ3n) is 2.35. The summed E-state index contributed by atoms with van der Waals surface area (Å²) in [5, 5.41) is 0. The Kier molecular flexibility index (Phi) is 5.66. The molecule has 1 nitrogen and oxygen atoms in total. The van der Waals surface area contributed by atoms with Crippen molar-refractivity contribution in [2.45, 2.75) is 37.8 Å². The summed E-state index contributed by atoms with van der Waals surface area (Å²) in [6.07, 6.45) is 6.43. The molecule has 1 heterocycles. The summed E-state index contributed by atoms with van der Waals surface area (Å²) in [7, 11) is -0.325. The first-order valence-electron chi connectivity index (χ1n) is 4.67. The van der Waals surface area contributed by atoms with E-state index in [0.717, 1.165) is 0 Å². The van der Waals surface area contributed by atoms with Crippen LogP contribution < -0.4 is 4.65 Å². The fourth-order valence-electron chi connectivity index (χ4n) is 1.77. The molecule has 0 spiro atoms. The molecule has 4 heteroatoms. The van der Waals surface area contributed by atoms with E-state index in [0.29, 0.717) is 6.24 Å². The van der Waals surface area contributed by atoms with Crippen LogP contribution in [0.2, 0.25) is 12.1 Å². The summed E-state index contributed by atoms with van der Waals surface area (Å²) in [5.41, 5.74) is 0. The van der Waals surface area contributed by atoms with Gasteiger partial charge in [-0.25, -0.2) is 0 Å². The van der Waals surface area contributed by atoms with Gasteiger partial charge in [-0.3, -0.25) is 0 Å². The van der Waals surface area contributed by atoms with Gasteiger partial charge in [0.2, 0.25) is 0 Å². The summed E-state index contributed by atoms with van der Waals surface area (Å²) in [6, 6.07) is 3.21. The monoisotopic (exact) mass is 181 g/mol. The topological polar surface area (TPSA) is 12.0 Å². The molecule has 1 N–H and O–H groups in total. The molecule has 0 aromatic carbocycles. The quantitative estimate of drug-likeness (QED) is 0.593. The van der Waals surface area contributed by atoms with Crippen LogP contribution in [0.4, 0.5) is 0 Å². The van der Waals surface area contributed by atoms with Crippen molar-refractivity contribution in [2.75, 3.05) is 0 Å². The Morgan fingerprint density at radius 2 is 1.70 bits per heavy atom. The Morgan fingerprint density at radius 3 is 2.20 bits per heavy atom. The van der Waals surface area contributed by atoms with Crippen LogP contribution in [0.3, 0.4) is 0 Å². The summed E-state index contributed by atoms with van der Waals surface area (Å²) in [5.74, 6) is 0. The van der Waals surface area contributed by atoms with Crippen LogP contribution in [-0.2, 0) is 0 Å². The molecule has 0 unspecified atom stereocenters. The predicted molar refractivity (Wildman–Crippen MR) is 52.7 cm³/mol. The molecule has 0 aromatic heterocycles. The van der Waals surface area contributed by atoms with Crippen molar-refractivity contribution in [1.82, 2.24) is 4.65 Å². The molecule has 54 valence electrons. The fourth-order valence-corrected chi connectivity index (χ4v) is 12.8. The van der Waals surface area contributed by atoms with Gasteiger partial charge in [-0.1, -0.05) is 0 Å². The van der Waals surface area contributed by atoms with Crippen molar-refractivity contribution in [3.63, 3.8) is 0 Å². The molecule has 0 amide bonds. The molecule has 10 heavy (non-hydrogen) atoms. The molecule has 1 aliphatic heterocycles. The predicted octanol–water partition coefficient (Wildman–Crippen LogP) is 0.0411. The zero-order valence-electron chi connectivity index (χ0n) is 7.03. The molecular formula is C6H16NNaSi2. The van der Waals surface area contributed by atoms with E-state index >= 15 is 0 Å². The van der Waals surface area contributed by atoms with Gasteiger partial charge in [-0.05, 0) is 0 Å². The van der Waals surface area contributed by atoms with Crippen molar-refractivity contribution in [2.24, 2.45) is 0 Å². The van der Waals surface area contributed by atoms with Crippen LogP contribution in [0, 0.1) is 0 Å². The van der Waals surface area contributed by atoms with Crippen molar-refractivity contribution in [3.05, 3.63) is 0 Å². The van der Waals surface area contributed by atoms with Gasteiger partial charge in [0.15, 0.2) is 0 Å². The number of nitrogens with one attached hydrogen (secondary N) is 1. The first-order chi connectivity index (χ1) is 4.93. The zero-order chi connectivity index (χ0) is 7.23. The minimum absolute atomic E-state index is 0.304. The van der Waals surface area contributed by atoms with Gasteiger partial charge in [0.05, 0.1) is 0 Å². The van der Waals surface area contributed by atoms with E-state index < -0.39 is 0 Å². The van der Waals surface area contributed by atoms with Crippen molar-refractivity contribution >= 4 is 42.2 Å². The van der Waals surface area contributed by atoms with E-state index in [-0.39, 0.29) is 8.96 Å². The van der Waals surface area contributed by atoms with Crippen LogP contribution >= 0.6 is 0 Å². The first-order valence-corrected chi connectivity index (χ1v) is 13.2. The molecule has 1 fully saturated rings.